The molecule has 0 saturated carbocycles. The Kier molecular flexibility index (Phi) is 4.74. The number of hydrogen-bond donors (Lipinski definition) is 0. The molecule has 0 aliphatic carbocycles. The molecule has 23 heavy (non-hydrogen) atoms. The van der Waals surface area contributed by atoms with E-state index >= 15 is 0 Å². The fraction of sp³-hybridized carbons (Fsp3) is 0.167. The molecule has 0 bridgehead atoms. The second kappa shape index (κ2) is 6.77. The summed E-state index contributed by atoms with van der Waals surface area (Å²) in [4.78, 5) is 12.3. The number of fused-ring (bicyclic) bond motifs is 1. The average Bonchev–Trinajstić information content (AvgIpc) is 2.86. The number of benzene rings is 2. The summed E-state index contributed by atoms with van der Waals surface area (Å²) in [5, 5.41) is 1.68. The molecule has 3 aromatic rings. The Balaban J connectivity index is 2.13. The molecule has 0 unspecified atom stereocenters. The minimum Gasteiger partial charge on any atom is -0.461 e. The lowest BCUT2D eigenvalue weighted by molar-refractivity contribution is 0.0515. The first-order valence-electron chi connectivity index (χ1n) is 7.29. The van der Waals surface area contributed by atoms with E-state index in [-0.39, 0.29) is 5.97 Å². The maximum atomic E-state index is 12.3. The van der Waals surface area contributed by atoms with Crippen LogP contribution in [0.5, 0.6) is 0 Å². The van der Waals surface area contributed by atoms with E-state index in [1.54, 1.807) is 6.92 Å². The van der Waals surface area contributed by atoms with Crippen LogP contribution in [0.1, 0.15) is 23.0 Å². The van der Waals surface area contributed by atoms with Crippen LogP contribution in [-0.4, -0.2) is 17.1 Å². The Bertz CT molecular complexity index is 873. The van der Waals surface area contributed by atoms with Crippen LogP contribution in [-0.2, 0) is 11.3 Å². The third kappa shape index (κ3) is 3.43. The van der Waals surface area contributed by atoms with Gasteiger partial charge in [-0.3, -0.25) is 0 Å². The Hall–Kier alpha value is -1.78. The van der Waals surface area contributed by atoms with E-state index < -0.39 is 0 Å². The minimum atomic E-state index is -0.318. The number of halogens is 2. The summed E-state index contributed by atoms with van der Waals surface area (Å²) >= 11 is 9.56. The van der Waals surface area contributed by atoms with Crippen molar-refractivity contribution in [3.05, 3.63) is 69.3 Å². The van der Waals surface area contributed by atoms with Crippen molar-refractivity contribution < 1.29 is 9.53 Å². The number of aromatic nitrogens is 1. The number of carbonyl (C=O) groups is 1. The molecule has 0 fully saturated rings. The quantitative estimate of drug-likeness (QED) is 0.565. The highest BCUT2D eigenvalue weighted by molar-refractivity contribution is 9.10. The van der Waals surface area contributed by atoms with Crippen LogP contribution in [0.4, 0.5) is 0 Å². The van der Waals surface area contributed by atoms with Crippen LogP contribution < -0.4 is 0 Å². The zero-order valence-electron chi connectivity index (χ0n) is 12.6. The van der Waals surface area contributed by atoms with Crippen LogP contribution in [0.25, 0.3) is 10.9 Å². The largest absolute Gasteiger partial charge is 0.461 e. The fourth-order valence-electron chi connectivity index (χ4n) is 2.59. The van der Waals surface area contributed by atoms with E-state index in [0.717, 1.165) is 20.9 Å². The molecule has 0 amide bonds. The van der Waals surface area contributed by atoms with Gasteiger partial charge in [0.15, 0.2) is 0 Å². The fourth-order valence-corrected chi connectivity index (χ4v) is 3.15. The lowest BCUT2D eigenvalue weighted by Gasteiger charge is -2.11. The molecule has 0 spiro atoms. The number of hydrogen-bond acceptors (Lipinski definition) is 2. The SMILES string of the molecule is CCOC(=O)c1cc2ccc(Br)cc2n1Cc1cccc(Cl)c1. The van der Waals surface area contributed by atoms with Gasteiger partial charge in [0.25, 0.3) is 0 Å². The van der Waals surface area contributed by atoms with Gasteiger partial charge in [0.05, 0.1) is 12.1 Å². The van der Waals surface area contributed by atoms with Gasteiger partial charge >= 0.3 is 5.97 Å². The summed E-state index contributed by atoms with van der Waals surface area (Å²) in [7, 11) is 0. The highest BCUT2D eigenvalue weighted by atomic mass is 79.9. The molecule has 0 atom stereocenters. The summed E-state index contributed by atoms with van der Waals surface area (Å²) in [5.74, 6) is -0.318. The van der Waals surface area contributed by atoms with Gasteiger partial charge in [-0.2, -0.15) is 0 Å². The van der Waals surface area contributed by atoms with Crippen molar-refractivity contribution in [3.63, 3.8) is 0 Å². The Morgan fingerprint density at radius 2 is 2.04 bits per heavy atom. The Morgan fingerprint density at radius 1 is 1.22 bits per heavy atom. The molecule has 0 radical (unpaired) electrons. The Morgan fingerprint density at radius 3 is 2.78 bits per heavy atom. The van der Waals surface area contributed by atoms with Crippen molar-refractivity contribution >= 4 is 44.4 Å². The van der Waals surface area contributed by atoms with E-state index in [9.17, 15) is 4.79 Å². The van der Waals surface area contributed by atoms with Gasteiger partial charge in [0.2, 0.25) is 0 Å². The monoisotopic (exact) mass is 391 g/mol. The van der Waals surface area contributed by atoms with Crippen molar-refractivity contribution in [2.45, 2.75) is 13.5 Å². The van der Waals surface area contributed by atoms with Crippen molar-refractivity contribution in [1.82, 2.24) is 4.57 Å². The number of rotatable bonds is 4. The van der Waals surface area contributed by atoms with Gasteiger partial charge in [-0.1, -0.05) is 45.7 Å². The van der Waals surface area contributed by atoms with Crippen LogP contribution in [0.15, 0.2) is 53.0 Å². The van der Waals surface area contributed by atoms with Gasteiger partial charge in [-0.25, -0.2) is 4.79 Å². The smallest absolute Gasteiger partial charge is 0.354 e. The predicted octanol–water partition coefficient (Wildman–Crippen LogP) is 5.28. The minimum absolute atomic E-state index is 0.318. The van der Waals surface area contributed by atoms with Crippen LogP contribution >= 0.6 is 27.5 Å². The maximum absolute atomic E-state index is 12.3. The predicted molar refractivity (Wildman–Crippen MR) is 96.1 cm³/mol. The lowest BCUT2D eigenvalue weighted by atomic mass is 10.2. The van der Waals surface area contributed by atoms with Crippen molar-refractivity contribution in [2.75, 3.05) is 6.61 Å². The Labute approximate surface area is 147 Å². The molecule has 118 valence electrons. The molecular weight excluding hydrogens is 378 g/mol. The molecule has 0 N–H and O–H groups in total. The van der Waals surface area contributed by atoms with E-state index in [1.807, 2.05) is 53.1 Å². The van der Waals surface area contributed by atoms with E-state index in [4.69, 9.17) is 16.3 Å². The molecule has 5 heteroatoms. The van der Waals surface area contributed by atoms with Gasteiger partial charge < -0.3 is 9.30 Å². The standard InChI is InChI=1S/C18H15BrClNO2/c1-2-23-18(22)17-9-13-6-7-14(19)10-16(13)21(17)11-12-4-3-5-15(20)8-12/h3-10H,2,11H2,1H3. The normalized spacial score (nSPS) is 10.9. The second-order valence-electron chi connectivity index (χ2n) is 5.17. The second-order valence-corrected chi connectivity index (χ2v) is 6.52. The highest BCUT2D eigenvalue weighted by Gasteiger charge is 2.17. The topological polar surface area (TPSA) is 31.2 Å². The summed E-state index contributed by atoms with van der Waals surface area (Å²) in [5.41, 5.74) is 2.54. The van der Waals surface area contributed by atoms with Crippen molar-refractivity contribution in [1.29, 1.82) is 0 Å². The number of carbonyl (C=O) groups excluding carboxylic acids is 1. The van der Waals surface area contributed by atoms with Crippen LogP contribution in [0, 0.1) is 0 Å². The van der Waals surface area contributed by atoms with Crippen molar-refractivity contribution in [3.8, 4) is 0 Å². The third-order valence-electron chi connectivity index (χ3n) is 3.58. The van der Waals surface area contributed by atoms with Gasteiger partial charge in [0.1, 0.15) is 5.69 Å². The lowest BCUT2D eigenvalue weighted by Crippen LogP contribution is -2.12. The molecule has 3 rings (SSSR count). The molecule has 1 heterocycles. The van der Waals surface area contributed by atoms with E-state index in [1.165, 1.54) is 0 Å². The zero-order valence-corrected chi connectivity index (χ0v) is 14.9. The van der Waals surface area contributed by atoms with Gasteiger partial charge in [-0.05, 0) is 42.8 Å². The zero-order chi connectivity index (χ0) is 16.4. The average molecular weight is 393 g/mol. The van der Waals surface area contributed by atoms with Crippen LogP contribution in [0.2, 0.25) is 5.02 Å². The highest BCUT2D eigenvalue weighted by Crippen LogP contribution is 2.26. The number of nitrogens with zero attached hydrogens (tertiary/aromatic N) is 1. The van der Waals surface area contributed by atoms with Crippen LogP contribution in [0.3, 0.4) is 0 Å². The summed E-state index contributed by atoms with van der Waals surface area (Å²) in [6.07, 6.45) is 0. The molecule has 0 aliphatic rings. The first-order valence-corrected chi connectivity index (χ1v) is 8.46. The number of ether oxygens (including phenoxy) is 1. The van der Waals surface area contributed by atoms with Gasteiger partial charge in [0, 0.05) is 21.4 Å². The summed E-state index contributed by atoms with van der Waals surface area (Å²) < 4.78 is 8.12. The summed E-state index contributed by atoms with van der Waals surface area (Å²) in [6.45, 7) is 2.70. The van der Waals surface area contributed by atoms with Crippen molar-refractivity contribution in [2.24, 2.45) is 0 Å². The molecule has 1 aromatic heterocycles. The van der Waals surface area contributed by atoms with E-state index in [2.05, 4.69) is 15.9 Å². The van der Waals surface area contributed by atoms with Gasteiger partial charge in [-0.15, -0.1) is 0 Å². The molecule has 2 aromatic carbocycles. The first kappa shape index (κ1) is 16.1. The summed E-state index contributed by atoms with van der Waals surface area (Å²) in [6, 6.07) is 15.4. The van der Waals surface area contributed by atoms with E-state index in [0.29, 0.717) is 23.9 Å². The first-order chi connectivity index (χ1) is 11.1. The molecule has 0 saturated heterocycles. The maximum Gasteiger partial charge on any atom is 0.354 e. The molecule has 3 nitrogen and oxygen atoms in total. The molecule has 0 aliphatic heterocycles. The number of esters is 1. The molecular formula is C18H15BrClNO2. The third-order valence-corrected chi connectivity index (χ3v) is 4.31.